The highest BCUT2D eigenvalue weighted by molar-refractivity contribution is 5.25. The van der Waals surface area contributed by atoms with E-state index in [-0.39, 0.29) is 5.43 Å². The van der Waals surface area contributed by atoms with E-state index < -0.39 is 0 Å². The molecule has 0 aromatic carbocycles. The van der Waals surface area contributed by atoms with Crippen LogP contribution in [0.5, 0.6) is 0 Å². The van der Waals surface area contributed by atoms with E-state index in [4.69, 9.17) is 5.73 Å². The molecule has 3 N–H and O–H groups in total. The molecule has 0 radical (unpaired) electrons. The second kappa shape index (κ2) is 5.82. The van der Waals surface area contributed by atoms with Crippen LogP contribution in [-0.4, -0.2) is 30.5 Å². The lowest BCUT2D eigenvalue weighted by Gasteiger charge is -2.11. The number of H-pyrrole nitrogens is 1. The van der Waals surface area contributed by atoms with E-state index >= 15 is 0 Å². The molecular formula is C12H21N3O. The summed E-state index contributed by atoms with van der Waals surface area (Å²) in [5.74, 6) is 0. The van der Waals surface area contributed by atoms with Gasteiger partial charge < -0.3 is 15.6 Å². The highest BCUT2D eigenvalue weighted by Crippen LogP contribution is 2.05. The van der Waals surface area contributed by atoms with Crippen molar-refractivity contribution in [2.24, 2.45) is 5.73 Å². The SMILES string of the molecule is Cc1c[nH]c(CCCN(C)C)c(CN)c1=O. The van der Waals surface area contributed by atoms with Gasteiger partial charge in [-0.1, -0.05) is 0 Å². The first-order valence-electron chi connectivity index (χ1n) is 5.61. The molecule has 4 nitrogen and oxygen atoms in total. The lowest BCUT2D eigenvalue weighted by molar-refractivity contribution is 0.399. The van der Waals surface area contributed by atoms with Gasteiger partial charge in [0.25, 0.3) is 0 Å². The summed E-state index contributed by atoms with van der Waals surface area (Å²) in [4.78, 5) is 17.1. The molecule has 1 heterocycles. The molecule has 0 amide bonds. The van der Waals surface area contributed by atoms with Crippen molar-refractivity contribution in [1.29, 1.82) is 0 Å². The molecule has 0 unspecified atom stereocenters. The van der Waals surface area contributed by atoms with Crippen molar-refractivity contribution in [1.82, 2.24) is 9.88 Å². The maximum Gasteiger partial charge on any atom is 0.189 e. The summed E-state index contributed by atoms with van der Waals surface area (Å²) in [7, 11) is 4.09. The van der Waals surface area contributed by atoms with Crippen molar-refractivity contribution >= 4 is 0 Å². The largest absolute Gasteiger partial charge is 0.364 e. The molecule has 0 fully saturated rings. The number of hydrogen-bond acceptors (Lipinski definition) is 3. The molecule has 1 aromatic heterocycles. The summed E-state index contributed by atoms with van der Waals surface area (Å²) in [5, 5.41) is 0. The average Bonchev–Trinajstić information content (AvgIpc) is 2.23. The van der Waals surface area contributed by atoms with E-state index in [1.807, 2.05) is 21.0 Å². The molecule has 0 saturated carbocycles. The normalized spacial score (nSPS) is 11.1. The highest BCUT2D eigenvalue weighted by atomic mass is 16.1. The van der Waals surface area contributed by atoms with Gasteiger partial charge in [-0.2, -0.15) is 0 Å². The van der Waals surface area contributed by atoms with Gasteiger partial charge >= 0.3 is 0 Å². The quantitative estimate of drug-likeness (QED) is 0.770. The van der Waals surface area contributed by atoms with Crippen molar-refractivity contribution in [2.45, 2.75) is 26.3 Å². The molecule has 1 rings (SSSR count). The number of hydrogen-bond donors (Lipinski definition) is 2. The van der Waals surface area contributed by atoms with Crippen LogP contribution < -0.4 is 11.2 Å². The van der Waals surface area contributed by atoms with Crippen molar-refractivity contribution in [3.8, 4) is 0 Å². The number of nitrogens with two attached hydrogens (primary N) is 1. The van der Waals surface area contributed by atoms with E-state index in [0.717, 1.165) is 36.2 Å². The molecule has 0 aliphatic heterocycles. The Labute approximate surface area is 96.5 Å². The van der Waals surface area contributed by atoms with Crippen LogP contribution in [0.1, 0.15) is 23.2 Å². The summed E-state index contributed by atoms with van der Waals surface area (Å²) in [6.07, 6.45) is 3.67. The zero-order valence-electron chi connectivity index (χ0n) is 10.3. The number of aromatic amines is 1. The van der Waals surface area contributed by atoms with Gasteiger partial charge in [-0.3, -0.25) is 4.79 Å². The van der Waals surface area contributed by atoms with Crippen LogP contribution in [0.2, 0.25) is 0 Å². The van der Waals surface area contributed by atoms with E-state index in [9.17, 15) is 4.79 Å². The predicted octanol–water partition coefficient (Wildman–Crippen LogP) is 0.636. The zero-order chi connectivity index (χ0) is 12.1. The molecule has 1 aromatic rings. The van der Waals surface area contributed by atoms with Gasteiger partial charge in [0.1, 0.15) is 0 Å². The molecule has 0 aliphatic rings. The Morgan fingerprint density at radius 2 is 2.12 bits per heavy atom. The van der Waals surface area contributed by atoms with Crippen LogP contribution in [0.15, 0.2) is 11.0 Å². The Bertz CT molecular complexity index is 396. The van der Waals surface area contributed by atoms with E-state index in [0.29, 0.717) is 6.54 Å². The van der Waals surface area contributed by atoms with Gasteiger partial charge in [0.15, 0.2) is 5.43 Å². The van der Waals surface area contributed by atoms with Crippen LogP contribution in [0.4, 0.5) is 0 Å². The number of rotatable bonds is 5. The standard InChI is InChI=1S/C12H21N3O/c1-9-8-14-11(5-4-6-15(2)3)10(7-13)12(9)16/h8H,4-7,13H2,1-3H3,(H,14,16). The summed E-state index contributed by atoms with van der Waals surface area (Å²) < 4.78 is 0. The van der Waals surface area contributed by atoms with Crippen molar-refractivity contribution in [3.63, 3.8) is 0 Å². The van der Waals surface area contributed by atoms with Crippen LogP contribution in [0.3, 0.4) is 0 Å². The number of aryl methyl sites for hydroxylation is 2. The first-order valence-corrected chi connectivity index (χ1v) is 5.61. The van der Waals surface area contributed by atoms with Gasteiger partial charge in [0.05, 0.1) is 0 Å². The van der Waals surface area contributed by atoms with E-state index in [1.165, 1.54) is 0 Å². The maximum atomic E-state index is 11.8. The second-order valence-corrected chi connectivity index (χ2v) is 4.37. The Morgan fingerprint density at radius 3 is 2.69 bits per heavy atom. The first kappa shape index (κ1) is 12.9. The average molecular weight is 223 g/mol. The van der Waals surface area contributed by atoms with Crippen LogP contribution >= 0.6 is 0 Å². The summed E-state index contributed by atoms with van der Waals surface area (Å²) in [6.45, 7) is 3.13. The fourth-order valence-corrected chi connectivity index (χ4v) is 1.73. The van der Waals surface area contributed by atoms with E-state index in [1.54, 1.807) is 6.20 Å². The topological polar surface area (TPSA) is 62.1 Å². The molecule has 90 valence electrons. The first-order chi connectivity index (χ1) is 7.56. The number of nitrogens with zero attached hydrogens (tertiary/aromatic N) is 1. The zero-order valence-corrected chi connectivity index (χ0v) is 10.3. The second-order valence-electron chi connectivity index (χ2n) is 4.37. The van der Waals surface area contributed by atoms with Gasteiger partial charge in [0.2, 0.25) is 0 Å². The molecular weight excluding hydrogens is 202 g/mol. The van der Waals surface area contributed by atoms with Crippen LogP contribution in [-0.2, 0) is 13.0 Å². The Hall–Kier alpha value is -1.13. The summed E-state index contributed by atoms with van der Waals surface area (Å²) >= 11 is 0. The van der Waals surface area contributed by atoms with Gasteiger partial charge in [-0.15, -0.1) is 0 Å². The smallest absolute Gasteiger partial charge is 0.189 e. The van der Waals surface area contributed by atoms with E-state index in [2.05, 4.69) is 9.88 Å². The van der Waals surface area contributed by atoms with Crippen molar-refractivity contribution in [3.05, 3.63) is 33.2 Å². The maximum absolute atomic E-state index is 11.8. The molecule has 16 heavy (non-hydrogen) atoms. The van der Waals surface area contributed by atoms with Gasteiger partial charge in [0, 0.05) is 29.6 Å². The fraction of sp³-hybridized carbons (Fsp3) is 0.583. The molecule has 0 spiro atoms. The monoisotopic (exact) mass is 223 g/mol. The van der Waals surface area contributed by atoms with Crippen LogP contribution in [0.25, 0.3) is 0 Å². The lowest BCUT2D eigenvalue weighted by atomic mass is 10.1. The minimum atomic E-state index is 0.0844. The third-order valence-electron chi connectivity index (χ3n) is 2.70. The van der Waals surface area contributed by atoms with Crippen molar-refractivity contribution < 1.29 is 0 Å². The Kier molecular flexibility index (Phi) is 4.71. The summed E-state index contributed by atoms with van der Waals surface area (Å²) in [6, 6.07) is 0. The highest BCUT2D eigenvalue weighted by Gasteiger charge is 2.07. The Balaban J connectivity index is 2.80. The fourth-order valence-electron chi connectivity index (χ4n) is 1.73. The molecule has 4 heteroatoms. The molecule has 0 atom stereocenters. The minimum absolute atomic E-state index is 0.0844. The van der Waals surface area contributed by atoms with Crippen LogP contribution in [0, 0.1) is 6.92 Å². The third kappa shape index (κ3) is 3.18. The third-order valence-corrected chi connectivity index (χ3v) is 2.70. The van der Waals surface area contributed by atoms with Gasteiger partial charge in [-0.25, -0.2) is 0 Å². The predicted molar refractivity (Wildman–Crippen MR) is 66.6 cm³/mol. The van der Waals surface area contributed by atoms with Gasteiger partial charge in [-0.05, 0) is 40.4 Å². The number of aromatic nitrogens is 1. The lowest BCUT2D eigenvalue weighted by Crippen LogP contribution is -2.21. The van der Waals surface area contributed by atoms with Crippen molar-refractivity contribution in [2.75, 3.05) is 20.6 Å². The molecule has 0 aliphatic carbocycles. The minimum Gasteiger partial charge on any atom is -0.364 e. The number of pyridine rings is 1. The number of nitrogens with one attached hydrogen (secondary N) is 1. The summed E-state index contributed by atoms with van der Waals surface area (Å²) in [5.41, 5.74) is 8.16. The Morgan fingerprint density at radius 1 is 1.44 bits per heavy atom. The molecule has 0 bridgehead atoms. The molecule has 0 saturated heterocycles.